The Balaban J connectivity index is 1.34. The lowest BCUT2D eigenvalue weighted by Crippen LogP contribution is -2.24. The van der Waals surface area contributed by atoms with Gasteiger partial charge in [-0.15, -0.1) is 0 Å². The molecule has 1 aliphatic heterocycles. The van der Waals surface area contributed by atoms with E-state index in [1.54, 1.807) is 23.5 Å². The van der Waals surface area contributed by atoms with Crippen molar-refractivity contribution in [3.8, 4) is 11.1 Å². The van der Waals surface area contributed by atoms with Crippen LogP contribution in [0.25, 0.3) is 22.0 Å². The highest BCUT2D eigenvalue weighted by molar-refractivity contribution is 6.11. The number of nitrogens with zero attached hydrogens (tertiary/aromatic N) is 5. The molecule has 37 heavy (non-hydrogen) atoms. The van der Waals surface area contributed by atoms with Gasteiger partial charge in [0.25, 0.3) is 11.8 Å². The van der Waals surface area contributed by atoms with E-state index < -0.39 is 5.92 Å². The largest absolute Gasteiger partial charge is 0.360 e. The van der Waals surface area contributed by atoms with E-state index in [1.807, 2.05) is 43.4 Å². The first-order chi connectivity index (χ1) is 17.8. The van der Waals surface area contributed by atoms with E-state index in [0.717, 1.165) is 41.0 Å². The van der Waals surface area contributed by atoms with Crippen LogP contribution in [0.5, 0.6) is 0 Å². The topological polar surface area (TPSA) is 90.0 Å². The van der Waals surface area contributed by atoms with E-state index in [0.29, 0.717) is 24.2 Å². The molecule has 3 aromatic heterocycles. The Labute approximate surface area is 213 Å². The number of carbonyl (C=O) groups excluding carboxylic acids is 1. The van der Waals surface area contributed by atoms with Gasteiger partial charge < -0.3 is 10.2 Å². The fourth-order valence-corrected chi connectivity index (χ4v) is 4.62. The number of halogens is 2. The molecule has 10 heteroatoms. The van der Waals surface area contributed by atoms with Crippen LogP contribution < -0.4 is 10.2 Å². The van der Waals surface area contributed by atoms with Gasteiger partial charge in [-0.3, -0.25) is 19.8 Å². The number of hydrogen-bond acceptors (Lipinski definition) is 6. The molecule has 0 bridgehead atoms. The summed E-state index contributed by atoms with van der Waals surface area (Å²) in [6, 6.07) is 11.3. The Kier molecular flexibility index (Phi) is 6.84. The highest BCUT2D eigenvalue weighted by Crippen LogP contribution is 2.29. The number of alkyl halides is 2. The predicted molar refractivity (Wildman–Crippen MR) is 140 cm³/mol. The summed E-state index contributed by atoms with van der Waals surface area (Å²) >= 11 is 0. The SMILES string of the molecule is CCCN(C)c1ccc(NC(=O)c2n[nH]c3ccc(-c4cncc(CN5CCC(F)(F)C5)c4)cc23)cn1. The third kappa shape index (κ3) is 5.59. The van der Waals surface area contributed by atoms with E-state index in [4.69, 9.17) is 0 Å². The smallest absolute Gasteiger partial charge is 0.276 e. The first-order valence-corrected chi connectivity index (χ1v) is 12.3. The number of likely N-dealkylation sites (tertiary alicyclic amines) is 1. The molecule has 1 amide bonds. The number of nitrogens with one attached hydrogen (secondary N) is 2. The minimum Gasteiger partial charge on any atom is -0.360 e. The van der Waals surface area contributed by atoms with Crippen LogP contribution in [-0.2, 0) is 6.54 Å². The van der Waals surface area contributed by atoms with E-state index in [9.17, 15) is 13.6 Å². The van der Waals surface area contributed by atoms with Crippen LogP contribution in [0.2, 0.25) is 0 Å². The van der Waals surface area contributed by atoms with Crippen LogP contribution in [0.1, 0.15) is 35.8 Å². The molecule has 192 valence electrons. The van der Waals surface area contributed by atoms with E-state index in [1.165, 1.54) is 0 Å². The number of anilines is 2. The molecular weight excluding hydrogens is 476 g/mol. The highest BCUT2D eigenvalue weighted by atomic mass is 19.3. The molecule has 5 rings (SSSR count). The second-order valence-electron chi connectivity index (χ2n) is 9.51. The van der Waals surface area contributed by atoms with E-state index in [2.05, 4.69) is 37.3 Å². The number of hydrogen-bond donors (Lipinski definition) is 2. The van der Waals surface area contributed by atoms with Crippen molar-refractivity contribution in [1.82, 2.24) is 25.1 Å². The van der Waals surface area contributed by atoms with Gasteiger partial charge in [-0.2, -0.15) is 5.10 Å². The number of pyridine rings is 2. The minimum atomic E-state index is -2.63. The Morgan fingerprint density at radius 3 is 2.76 bits per heavy atom. The zero-order valence-electron chi connectivity index (χ0n) is 20.8. The summed E-state index contributed by atoms with van der Waals surface area (Å²) in [7, 11) is 1.98. The van der Waals surface area contributed by atoms with Crippen molar-refractivity contribution in [3.63, 3.8) is 0 Å². The van der Waals surface area contributed by atoms with Gasteiger partial charge in [0.1, 0.15) is 5.82 Å². The fraction of sp³-hybridized carbons (Fsp3) is 0.333. The molecule has 0 saturated carbocycles. The average molecular weight is 506 g/mol. The summed E-state index contributed by atoms with van der Waals surface area (Å²) in [6.45, 7) is 3.55. The van der Waals surface area contributed by atoms with E-state index >= 15 is 0 Å². The van der Waals surface area contributed by atoms with Gasteiger partial charge in [0.05, 0.1) is 23.9 Å². The Morgan fingerprint density at radius 1 is 1.16 bits per heavy atom. The van der Waals surface area contributed by atoms with Gasteiger partial charge in [-0.25, -0.2) is 13.8 Å². The lowest BCUT2D eigenvalue weighted by Gasteiger charge is -2.17. The molecule has 4 aromatic rings. The average Bonchev–Trinajstić information content (AvgIpc) is 3.46. The molecule has 4 heterocycles. The highest BCUT2D eigenvalue weighted by Gasteiger charge is 2.37. The molecule has 0 unspecified atom stereocenters. The van der Waals surface area contributed by atoms with Crippen LogP contribution in [0, 0.1) is 0 Å². The van der Waals surface area contributed by atoms with Crippen molar-refractivity contribution >= 4 is 28.3 Å². The summed E-state index contributed by atoms with van der Waals surface area (Å²) in [5.41, 5.74) is 4.14. The normalized spacial score (nSPS) is 15.2. The van der Waals surface area contributed by atoms with Crippen LogP contribution >= 0.6 is 0 Å². The number of fused-ring (bicyclic) bond motifs is 1. The molecule has 1 aromatic carbocycles. The monoisotopic (exact) mass is 505 g/mol. The zero-order chi connectivity index (χ0) is 26.0. The standard InChI is InChI=1S/C27H29F2N7O/c1-3-9-35(2)24-7-5-21(15-31-24)32-26(37)25-22-12-19(4-6-23(22)33-34-25)20-11-18(13-30-14-20)16-36-10-8-27(28,29)17-36/h4-7,11-15H,3,8-10,16-17H2,1-2H3,(H,32,37)(H,33,34). The van der Waals surface area contributed by atoms with Crippen molar-refractivity contribution < 1.29 is 13.6 Å². The van der Waals surface area contributed by atoms with Crippen molar-refractivity contribution in [2.45, 2.75) is 32.2 Å². The summed E-state index contributed by atoms with van der Waals surface area (Å²) in [6.07, 6.45) is 5.97. The first kappa shape index (κ1) is 24.8. The molecule has 2 N–H and O–H groups in total. The van der Waals surface area contributed by atoms with Gasteiger partial charge >= 0.3 is 0 Å². The van der Waals surface area contributed by atoms with Gasteiger partial charge in [0, 0.05) is 56.4 Å². The summed E-state index contributed by atoms with van der Waals surface area (Å²) in [5, 5.41) is 10.7. The van der Waals surface area contributed by atoms with Crippen molar-refractivity contribution in [2.24, 2.45) is 0 Å². The predicted octanol–water partition coefficient (Wildman–Crippen LogP) is 4.96. The maximum Gasteiger partial charge on any atom is 0.276 e. The van der Waals surface area contributed by atoms with E-state index in [-0.39, 0.29) is 24.6 Å². The molecule has 0 aliphatic carbocycles. The maximum atomic E-state index is 13.6. The van der Waals surface area contributed by atoms with Crippen LogP contribution in [-0.4, -0.2) is 63.6 Å². The van der Waals surface area contributed by atoms with Gasteiger partial charge in [0.2, 0.25) is 0 Å². The lowest BCUT2D eigenvalue weighted by molar-refractivity contribution is 0.0115. The molecule has 1 saturated heterocycles. The quantitative estimate of drug-likeness (QED) is 0.352. The van der Waals surface area contributed by atoms with Gasteiger partial charge in [-0.1, -0.05) is 13.0 Å². The number of benzene rings is 1. The molecule has 8 nitrogen and oxygen atoms in total. The minimum absolute atomic E-state index is 0.113. The number of rotatable bonds is 8. The van der Waals surface area contributed by atoms with Crippen molar-refractivity contribution in [2.75, 3.05) is 36.9 Å². The lowest BCUT2D eigenvalue weighted by atomic mass is 10.0. The van der Waals surface area contributed by atoms with Crippen LogP contribution in [0.3, 0.4) is 0 Å². The molecule has 1 fully saturated rings. The summed E-state index contributed by atoms with van der Waals surface area (Å²) in [5.74, 6) is -2.14. The van der Waals surface area contributed by atoms with Gasteiger partial charge in [-0.05, 0) is 47.9 Å². The van der Waals surface area contributed by atoms with Crippen LogP contribution in [0.15, 0.2) is 55.0 Å². The number of amides is 1. The zero-order valence-corrected chi connectivity index (χ0v) is 20.8. The molecule has 1 aliphatic rings. The third-order valence-corrected chi connectivity index (χ3v) is 6.52. The Morgan fingerprint density at radius 2 is 2.03 bits per heavy atom. The fourth-order valence-electron chi connectivity index (χ4n) is 4.62. The summed E-state index contributed by atoms with van der Waals surface area (Å²) in [4.78, 5) is 25.6. The molecule has 0 spiro atoms. The number of aromatic nitrogens is 4. The van der Waals surface area contributed by atoms with Crippen molar-refractivity contribution in [3.05, 3.63) is 66.2 Å². The van der Waals surface area contributed by atoms with Crippen LogP contribution in [0.4, 0.5) is 20.3 Å². The van der Waals surface area contributed by atoms with Crippen molar-refractivity contribution in [1.29, 1.82) is 0 Å². The third-order valence-electron chi connectivity index (χ3n) is 6.52. The number of H-pyrrole nitrogens is 1. The molecule has 0 radical (unpaired) electrons. The Hall–Kier alpha value is -3.92. The number of carbonyl (C=O) groups is 1. The molecular formula is C27H29F2N7O. The summed E-state index contributed by atoms with van der Waals surface area (Å²) < 4.78 is 27.1. The second kappa shape index (κ2) is 10.2. The Bertz CT molecular complexity index is 1400. The molecule has 0 atom stereocenters. The second-order valence-corrected chi connectivity index (χ2v) is 9.51. The number of aromatic amines is 1. The first-order valence-electron chi connectivity index (χ1n) is 12.3. The maximum absolute atomic E-state index is 13.6. The van der Waals surface area contributed by atoms with Gasteiger partial charge in [0.15, 0.2) is 5.69 Å².